The first-order valence-electron chi connectivity index (χ1n) is 9.07. The van der Waals surface area contributed by atoms with Crippen LogP contribution in [0.15, 0.2) is 63.0 Å². The van der Waals surface area contributed by atoms with Crippen LogP contribution >= 0.6 is 23.4 Å². The van der Waals surface area contributed by atoms with Gasteiger partial charge in [0.25, 0.3) is 5.56 Å². The van der Waals surface area contributed by atoms with Crippen molar-refractivity contribution < 1.29 is 4.52 Å². The predicted molar refractivity (Wildman–Crippen MR) is 115 cm³/mol. The summed E-state index contributed by atoms with van der Waals surface area (Å²) in [5, 5.41) is 5.58. The molecule has 0 aliphatic carbocycles. The van der Waals surface area contributed by atoms with Crippen LogP contribution in [0.2, 0.25) is 5.02 Å². The van der Waals surface area contributed by atoms with Crippen molar-refractivity contribution in [3.05, 3.63) is 75.6 Å². The molecule has 0 atom stereocenters. The van der Waals surface area contributed by atoms with E-state index in [0.717, 1.165) is 0 Å². The fourth-order valence-corrected chi connectivity index (χ4v) is 3.87. The standard InChI is InChI=1S/C21H19ClN4O2S/c1-21(2,3)19-24-17(25-28-19)12-29-20-23-15-10-6-4-8-13(15)18(27)26(20)16-11-7-5-9-14(16)22/h4-11H,12H2,1-3H3. The lowest BCUT2D eigenvalue weighted by Gasteiger charge is -2.13. The van der Waals surface area contributed by atoms with Gasteiger partial charge in [-0.15, -0.1) is 0 Å². The molecule has 6 nitrogen and oxygen atoms in total. The van der Waals surface area contributed by atoms with Crippen LogP contribution in [-0.2, 0) is 11.2 Å². The SMILES string of the molecule is CC(C)(C)c1nc(CSc2nc3ccccc3c(=O)n2-c2ccccc2Cl)no1. The number of hydrogen-bond donors (Lipinski definition) is 0. The number of thioether (sulfide) groups is 1. The molecule has 4 aromatic rings. The van der Waals surface area contributed by atoms with Crippen molar-refractivity contribution in [3.63, 3.8) is 0 Å². The van der Waals surface area contributed by atoms with Gasteiger partial charge in [0.2, 0.25) is 5.89 Å². The van der Waals surface area contributed by atoms with Gasteiger partial charge < -0.3 is 4.52 Å². The van der Waals surface area contributed by atoms with E-state index in [4.69, 9.17) is 21.1 Å². The fourth-order valence-electron chi connectivity index (χ4n) is 2.80. The van der Waals surface area contributed by atoms with Crippen molar-refractivity contribution in [3.8, 4) is 5.69 Å². The second kappa shape index (κ2) is 7.65. The van der Waals surface area contributed by atoms with Crippen LogP contribution in [0.4, 0.5) is 0 Å². The summed E-state index contributed by atoms with van der Waals surface area (Å²) < 4.78 is 6.90. The normalized spacial score (nSPS) is 11.9. The maximum Gasteiger partial charge on any atom is 0.266 e. The number of halogens is 1. The Morgan fingerprint density at radius 1 is 1.07 bits per heavy atom. The summed E-state index contributed by atoms with van der Waals surface area (Å²) >= 11 is 7.75. The summed E-state index contributed by atoms with van der Waals surface area (Å²) in [4.78, 5) is 22.4. The Hall–Kier alpha value is -2.64. The van der Waals surface area contributed by atoms with Gasteiger partial charge in [-0.1, -0.05) is 73.6 Å². The molecule has 2 aromatic heterocycles. The van der Waals surface area contributed by atoms with E-state index in [1.165, 1.54) is 11.8 Å². The molecule has 0 aliphatic heterocycles. The topological polar surface area (TPSA) is 73.8 Å². The highest BCUT2D eigenvalue weighted by atomic mass is 35.5. The molecule has 29 heavy (non-hydrogen) atoms. The number of rotatable bonds is 4. The van der Waals surface area contributed by atoms with E-state index in [1.54, 1.807) is 22.8 Å². The van der Waals surface area contributed by atoms with E-state index in [2.05, 4.69) is 10.1 Å². The van der Waals surface area contributed by atoms with Gasteiger partial charge >= 0.3 is 0 Å². The zero-order valence-electron chi connectivity index (χ0n) is 16.2. The molecular weight excluding hydrogens is 408 g/mol. The Bertz CT molecular complexity index is 1240. The molecule has 148 valence electrons. The Balaban J connectivity index is 1.79. The highest BCUT2D eigenvalue weighted by molar-refractivity contribution is 7.98. The number of benzene rings is 2. The molecule has 2 aromatic carbocycles. The van der Waals surface area contributed by atoms with Crippen molar-refractivity contribution in [1.29, 1.82) is 0 Å². The lowest BCUT2D eigenvalue weighted by Crippen LogP contribution is -2.22. The average molecular weight is 427 g/mol. The molecular formula is C21H19ClN4O2S. The van der Waals surface area contributed by atoms with Crippen LogP contribution in [-0.4, -0.2) is 19.7 Å². The number of fused-ring (bicyclic) bond motifs is 1. The van der Waals surface area contributed by atoms with Gasteiger partial charge in [-0.2, -0.15) is 4.98 Å². The molecule has 0 unspecified atom stereocenters. The smallest absolute Gasteiger partial charge is 0.266 e. The maximum absolute atomic E-state index is 13.3. The summed E-state index contributed by atoms with van der Waals surface area (Å²) in [6, 6.07) is 14.5. The molecule has 0 aliphatic rings. The molecule has 0 bridgehead atoms. The summed E-state index contributed by atoms with van der Waals surface area (Å²) in [6.45, 7) is 6.03. The highest BCUT2D eigenvalue weighted by Crippen LogP contribution is 2.28. The molecule has 8 heteroatoms. The molecule has 2 heterocycles. The van der Waals surface area contributed by atoms with Crippen LogP contribution in [0.5, 0.6) is 0 Å². The largest absolute Gasteiger partial charge is 0.339 e. The molecule has 0 spiro atoms. The van der Waals surface area contributed by atoms with Crippen molar-refractivity contribution in [2.75, 3.05) is 0 Å². The van der Waals surface area contributed by atoms with Gasteiger partial charge in [-0.25, -0.2) is 4.98 Å². The molecule has 0 radical (unpaired) electrons. The van der Waals surface area contributed by atoms with Gasteiger partial charge in [-0.3, -0.25) is 9.36 Å². The second-order valence-electron chi connectivity index (χ2n) is 7.56. The molecule has 0 saturated heterocycles. The molecule has 0 saturated carbocycles. The lowest BCUT2D eigenvalue weighted by molar-refractivity contribution is 0.319. The van der Waals surface area contributed by atoms with Gasteiger partial charge in [0.05, 0.1) is 27.4 Å². The van der Waals surface area contributed by atoms with Gasteiger partial charge in [0.15, 0.2) is 11.0 Å². The Morgan fingerprint density at radius 2 is 1.79 bits per heavy atom. The maximum atomic E-state index is 13.3. The first-order chi connectivity index (χ1) is 13.8. The van der Waals surface area contributed by atoms with E-state index < -0.39 is 0 Å². The minimum atomic E-state index is -0.225. The van der Waals surface area contributed by atoms with E-state index >= 15 is 0 Å². The van der Waals surface area contributed by atoms with Crippen molar-refractivity contribution in [2.45, 2.75) is 37.1 Å². The first-order valence-corrected chi connectivity index (χ1v) is 10.4. The van der Waals surface area contributed by atoms with E-state index in [-0.39, 0.29) is 11.0 Å². The minimum absolute atomic E-state index is 0.172. The Kier molecular flexibility index (Phi) is 5.19. The first kappa shape index (κ1) is 19.7. The van der Waals surface area contributed by atoms with E-state index in [9.17, 15) is 4.79 Å². The van der Waals surface area contributed by atoms with Crippen LogP contribution in [0.3, 0.4) is 0 Å². The van der Waals surface area contributed by atoms with Crippen LogP contribution in [0.25, 0.3) is 16.6 Å². The third-order valence-corrected chi connectivity index (χ3v) is 5.53. The quantitative estimate of drug-likeness (QED) is 0.337. The van der Waals surface area contributed by atoms with Gasteiger partial charge in [-0.05, 0) is 24.3 Å². The van der Waals surface area contributed by atoms with Gasteiger partial charge in [0.1, 0.15) is 0 Å². The molecule has 0 amide bonds. The van der Waals surface area contributed by atoms with Crippen LogP contribution in [0.1, 0.15) is 32.5 Å². The van der Waals surface area contributed by atoms with Crippen molar-refractivity contribution >= 4 is 34.3 Å². The van der Waals surface area contributed by atoms with E-state index in [0.29, 0.717) is 44.2 Å². The van der Waals surface area contributed by atoms with Crippen molar-refractivity contribution in [2.24, 2.45) is 0 Å². The highest BCUT2D eigenvalue weighted by Gasteiger charge is 2.22. The van der Waals surface area contributed by atoms with Crippen LogP contribution < -0.4 is 5.56 Å². The lowest BCUT2D eigenvalue weighted by atomic mass is 9.97. The zero-order valence-corrected chi connectivity index (χ0v) is 17.8. The number of nitrogens with zero attached hydrogens (tertiary/aromatic N) is 4. The zero-order chi connectivity index (χ0) is 20.6. The Labute approximate surface area is 176 Å². The number of aromatic nitrogens is 4. The average Bonchev–Trinajstić information content (AvgIpc) is 3.17. The van der Waals surface area contributed by atoms with Crippen LogP contribution in [0, 0.1) is 0 Å². The fraction of sp³-hybridized carbons (Fsp3) is 0.238. The third kappa shape index (κ3) is 3.93. The van der Waals surface area contributed by atoms with Crippen molar-refractivity contribution in [1.82, 2.24) is 19.7 Å². The summed E-state index contributed by atoms with van der Waals surface area (Å²) in [7, 11) is 0. The van der Waals surface area contributed by atoms with E-state index in [1.807, 2.05) is 51.1 Å². The van der Waals surface area contributed by atoms with Gasteiger partial charge in [0, 0.05) is 5.41 Å². The summed E-state index contributed by atoms with van der Waals surface area (Å²) in [5.74, 6) is 1.53. The molecule has 4 rings (SSSR count). The summed E-state index contributed by atoms with van der Waals surface area (Å²) in [5.41, 5.74) is 0.821. The number of hydrogen-bond acceptors (Lipinski definition) is 6. The molecule has 0 fully saturated rings. The minimum Gasteiger partial charge on any atom is -0.339 e. The molecule has 0 N–H and O–H groups in total. The third-order valence-electron chi connectivity index (χ3n) is 4.28. The second-order valence-corrected chi connectivity index (χ2v) is 8.91. The number of para-hydroxylation sites is 2. The monoisotopic (exact) mass is 426 g/mol. The summed E-state index contributed by atoms with van der Waals surface area (Å²) in [6.07, 6.45) is 0. The predicted octanol–water partition coefficient (Wildman–Crippen LogP) is 5.01. The Morgan fingerprint density at radius 3 is 2.52 bits per heavy atom.